The lowest BCUT2D eigenvalue weighted by atomic mass is 9.94. The molecule has 1 aliphatic rings. The highest BCUT2D eigenvalue weighted by atomic mass is 32.2. The molecule has 0 spiro atoms. The Bertz CT molecular complexity index is 576. The second-order valence-electron chi connectivity index (χ2n) is 6.75. The van der Waals surface area contributed by atoms with E-state index in [0.29, 0.717) is 13.0 Å². The molecule has 5 heteroatoms. The highest BCUT2D eigenvalue weighted by molar-refractivity contribution is 7.92. The molecule has 112 valence electrons. The van der Waals surface area contributed by atoms with Gasteiger partial charge in [-0.3, -0.25) is 4.31 Å². The lowest BCUT2D eigenvalue weighted by Crippen LogP contribution is -2.47. The zero-order chi connectivity index (χ0) is 15.0. The van der Waals surface area contributed by atoms with E-state index in [1.807, 2.05) is 24.3 Å². The van der Waals surface area contributed by atoms with Crippen molar-refractivity contribution in [2.24, 2.45) is 11.1 Å². The molecule has 20 heavy (non-hydrogen) atoms. The summed E-state index contributed by atoms with van der Waals surface area (Å²) in [6.45, 7) is 6.54. The van der Waals surface area contributed by atoms with Crippen molar-refractivity contribution in [1.82, 2.24) is 0 Å². The number of sulfonamides is 1. The number of nitrogens with zero attached hydrogens (tertiary/aromatic N) is 1. The molecule has 2 rings (SSSR count). The first kappa shape index (κ1) is 15.3. The van der Waals surface area contributed by atoms with Crippen LogP contribution >= 0.6 is 0 Å². The SMILES string of the molecule is CC(C)(C)CCS(=O)(=O)N1CC(N)Cc2ccccc21. The highest BCUT2D eigenvalue weighted by Gasteiger charge is 2.31. The molecule has 1 aromatic carbocycles. The zero-order valence-corrected chi connectivity index (χ0v) is 13.3. The number of para-hydroxylation sites is 1. The standard InChI is InChI=1S/C15H24N2O2S/c1-15(2,3)8-9-20(18,19)17-11-13(16)10-12-6-4-5-7-14(12)17/h4-7,13H,8-11,16H2,1-3H3. The molecule has 0 amide bonds. The van der Waals surface area contributed by atoms with Crippen LogP contribution in [0.3, 0.4) is 0 Å². The summed E-state index contributed by atoms with van der Waals surface area (Å²) < 4.78 is 26.7. The van der Waals surface area contributed by atoms with Crippen molar-refractivity contribution in [3.05, 3.63) is 29.8 Å². The number of hydrogen-bond acceptors (Lipinski definition) is 3. The van der Waals surface area contributed by atoms with Gasteiger partial charge >= 0.3 is 0 Å². The highest BCUT2D eigenvalue weighted by Crippen LogP contribution is 2.30. The molecule has 0 aromatic heterocycles. The van der Waals surface area contributed by atoms with Crippen LogP contribution in [0.1, 0.15) is 32.8 Å². The summed E-state index contributed by atoms with van der Waals surface area (Å²) in [5, 5.41) is 0. The van der Waals surface area contributed by atoms with E-state index in [0.717, 1.165) is 17.7 Å². The number of benzene rings is 1. The fourth-order valence-electron chi connectivity index (χ4n) is 2.39. The molecule has 1 aliphatic heterocycles. The van der Waals surface area contributed by atoms with Gasteiger partial charge in [-0.1, -0.05) is 39.0 Å². The number of fused-ring (bicyclic) bond motifs is 1. The average molecular weight is 296 g/mol. The third-order valence-electron chi connectivity index (χ3n) is 3.59. The number of nitrogens with two attached hydrogens (primary N) is 1. The first-order chi connectivity index (χ1) is 9.19. The quantitative estimate of drug-likeness (QED) is 0.929. The van der Waals surface area contributed by atoms with Crippen LogP contribution in [0.25, 0.3) is 0 Å². The Morgan fingerprint density at radius 3 is 2.60 bits per heavy atom. The Morgan fingerprint density at radius 1 is 1.30 bits per heavy atom. The Balaban J connectivity index is 2.28. The minimum Gasteiger partial charge on any atom is -0.326 e. The second kappa shape index (κ2) is 5.37. The molecule has 0 saturated heterocycles. The molecule has 0 saturated carbocycles. The van der Waals surface area contributed by atoms with Gasteiger partial charge in [0.1, 0.15) is 0 Å². The van der Waals surface area contributed by atoms with Gasteiger partial charge < -0.3 is 5.73 Å². The van der Waals surface area contributed by atoms with E-state index in [9.17, 15) is 8.42 Å². The summed E-state index contributed by atoms with van der Waals surface area (Å²) in [6.07, 6.45) is 1.38. The van der Waals surface area contributed by atoms with E-state index in [4.69, 9.17) is 5.73 Å². The molecule has 0 bridgehead atoms. The molecule has 4 nitrogen and oxygen atoms in total. The molecule has 0 aliphatic carbocycles. The summed E-state index contributed by atoms with van der Waals surface area (Å²) in [5.41, 5.74) is 7.83. The van der Waals surface area contributed by atoms with Crippen molar-refractivity contribution in [2.45, 2.75) is 39.7 Å². The van der Waals surface area contributed by atoms with Gasteiger partial charge in [0.05, 0.1) is 11.4 Å². The van der Waals surface area contributed by atoms with E-state index >= 15 is 0 Å². The first-order valence-corrected chi connectivity index (χ1v) is 8.64. The monoisotopic (exact) mass is 296 g/mol. The van der Waals surface area contributed by atoms with Gasteiger partial charge in [-0.15, -0.1) is 0 Å². The van der Waals surface area contributed by atoms with Crippen LogP contribution in [0, 0.1) is 5.41 Å². The van der Waals surface area contributed by atoms with Crippen molar-refractivity contribution in [3.8, 4) is 0 Å². The minimum absolute atomic E-state index is 0.00446. The molecule has 1 heterocycles. The van der Waals surface area contributed by atoms with Gasteiger partial charge in [-0.05, 0) is 29.9 Å². The normalized spacial score (nSPS) is 19.8. The maximum atomic E-state index is 12.6. The van der Waals surface area contributed by atoms with E-state index < -0.39 is 10.0 Å². The smallest absolute Gasteiger partial charge is 0.235 e. The lowest BCUT2D eigenvalue weighted by Gasteiger charge is -2.34. The van der Waals surface area contributed by atoms with Crippen molar-refractivity contribution < 1.29 is 8.42 Å². The number of anilines is 1. The molecule has 1 aromatic rings. The summed E-state index contributed by atoms with van der Waals surface area (Å²) in [6, 6.07) is 7.50. The molecule has 1 atom stereocenters. The summed E-state index contributed by atoms with van der Waals surface area (Å²) in [4.78, 5) is 0. The van der Waals surface area contributed by atoms with Crippen LogP contribution in [-0.4, -0.2) is 26.8 Å². The molecular formula is C15H24N2O2S. The number of rotatable bonds is 3. The van der Waals surface area contributed by atoms with Crippen LogP contribution in [0.2, 0.25) is 0 Å². The van der Waals surface area contributed by atoms with Crippen molar-refractivity contribution in [3.63, 3.8) is 0 Å². The number of hydrogen-bond donors (Lipinski definition) is 1. The van der Waals surface area contributed by atoms with Gasteiger partial charge in [0.2, 0.25) is 10.0 Å². The Morgan fingerprint density at radius 2 is 1.95 bits per heavy atom. The summed E-state index contributed by atoms with van der Waals surface area (Å²) >= 11 is 0. The second-order valence-corrected chi connectivity index (χ2v) is 8.76. The largest absolute Gasteiger partial charge is 0.326 e. The fourth-order valence-corrected chi connectivity index (χ4v) is 4.38. The third-order valence-corrected chi connectivity index (χ3v) is 5.33. The summed E-state index contributed by atoms with van der Waals surface area (Å²) in [7, 11) is -3.31. The van der Waals surface area contributed by atoms with Crippen LogP contribution in [0.4, 0.5) is 5.69 Å². The Labute approximate surface area is 122 Å². The van der Waals surface area contributed by atoms with Crippen molar-refractivity contribution in [1.29, 1.82) is 0 Å². The van der Waals surface area contributed by atoms with Crippen LogP contribution < -0.4 is 10.0 Å². The minimum atomic E-state index is -3.31. The van der Waals surface area contributed by atoms with Gasteiger partial charge in [0, 0.05) is 12.6 Å². The molecule has 2 N–H and O–H groups in total. The topological polar surface area (TPSA) is 63.4 Å². The van der Waals surface area contributed by atoms with Gasteiger partial charge in [0.15, 0.2) is 0 Å². The molecule has 0 radical (unpaired) electrons. The van der Waals surface area contributed by atoms with E-state index in [-0.39, 0.29) is 17.2 Å². The van der Waals surface area contributed by atoms with Crippen molar-refractivity contribution >= 4 is 15.7 Å². The predicted octanol–water partition coefficient (Wildman–Crippen LogP) is 2.14. The zero-order valence-electron chi connectivity index (χ0n) is 12.5. The van der Waals surface area contributed by atoms with Gasteiger partial charge in [-0.2, -0.15) is 0 Å². The maximum Gasteiger partial charge on any atom is 0.235 e. The Hall–Kier alpha value is -1.07. The molecule has 1 unspecified atom stereocenters. The molecular weight excluding hydrogens is 272 g/mol. The first-order valence-electron chi connectivity index (χ1n) is 7.03. The maximum absolute atomic E-state index is 12.6. The molecule has 0 fully saturated rings. The van der Waals surface area contributed by atoms with Crippen LogP contribution in [0.15, 0.2) is 24.3 Å². The van der Waals surface area contributed by atoms with Crippen LogP contribution in [-0.2, 0) is 16.4 Å². The van der Waals surface area contributed by atoms with Gasteiger partial charge in [0.25, 0.3) is 0 Å². The average Bonchev–Trinajstić information content (AvgIpc) is 2.35. The van der Waals surface area contributed by atoms with Gasteiger partial charge in [-0.25, -0.2) is 8.42 Å². The lowest BCUT2D eigenvalue weighted by molar-refractivity contribution is 0.396. The third kappa shape index (κ3) is 3.52. The van der Waals surface area contributed by atoms with E-state index in [1.54, 1.807) is 0 Å². The summed E-state index contributed by atoms with van der Waals surface area (Å²) in [5.74, 6) is 0.164. The predicted molar refractivity (Wildman–Crippen MR) is 83.3 cm³/mol. The Kier molecular flexibility index (Phi) is 4.12. The van der Waals surface area contributed by atoms with Crippen molar-refractivity contribution in [2.75, 3.05) is 16.6 Å². The van der Waals surface area contributed by atoms with E-state index in [1.165, 1.54) is 4.31 Å². The fraction of sp³-hybridized carbons (Fsp3) is 0.600. The van der Waals surface area contributed by atoms with E-state index in [2.05, 4.69) is 20.8 Å². The van der Waals surface area contributed by atoms with Crippen LogP contribution in [0.5, 0.6) is 0 Å².